The van der Waals surface area contributed by atoms with Crippen LogP contribution in [0.2, 0.25) is 0 Å². The zero-order chi connectivity index (χ0) is 23.5. The lowest BCUT2D eigenvalue weighted by Crippen LogP contribution is -2.48. The number of benzene rings is 2. The van der Waals surface area contributed by atoms with Gasteiger partial charge in [0.15, 0.2) is 16.4 Å². The van der Waals surface area contributed by atoms with Gasteiger partial charge in [-0.25, -0.2) is 13.1 Å². The third-order valence-corrected chi connectivity index (χ3v) is 8.24. The highest BCUT2D eigenvalue weighted by molar-refractivity contribution is 7.89. The molecule has 0 spiro atoms. The molecule has 0 unspecified atom stereocenters. The third kappa shape index (κ3) is 4.62. The zero-order valence-corrected chi connectivity index (χ0v) is 20.2. The summed E-state index contributed by atoms with van der Waals surface area (Å²) in [5.74, 6) is 1.32. The topological polar surface area (TPSA) is 76.5 Å². The fraction of sp³-hybridized carbons (Fsp3) is 0.250. The Morgan fingerprint density at radius 3 is 2.21 bits per heavy atom. The van der Waals surface area contributed by atoms with E-state index in [-0.39, 0.29) is 0 Å². The average molecular weight is 496 g/mol. The van der Waals surface area contributed by atoms with Crippen molar-refractivity contribution in [2.45, 2.75) is 18.1 Å². The van der Waals surface area contributed by atoms with E-state index >= 15 is 0 Å². The van der Waals surface area contributed by atoms with Crippen molar-refractivity contribution in [2.75, 3.05) is 26.2 Å². The van der Waals surface area contributed by atoms with Crippen LogP contribution in [0.25, 0.3) is 11.6 Å². The number of aromatic nitrogens is 3. The average Bonchev–Trinajstić information content (AvgIpc) is 3.50. The second-order valence-corrected chi connectivity index (χ2v) is 10.4. The number of furan rings is 1. The van der Waals surface area contributed by atoms with Gasteiger partial charge in [-0.05, 0) is 42.0 Å². The number of rotatable bonds is 7. The number of piperazine rings is 1. The van der Waals surface area contributed by atoms with Crippen LogP contribution in [0.15, 0.2) is 88.4 Å². The Morgan fingerprint density at radius 1 is 0.882 bits per heavy atom. The van der Waals surface area contributed by atoms with Crippen molar-refractivity contribution < 1.29 is 12.8 Å². The zero-order valence-electron chi connectivity index (χ0n) is 18.5. The summed E-state index contributed by atoms with van der Waals surface area (Å²) in [6.07, 6.45) is 1.62. The van der Waals surface area contributed by atoms with Crippen molar-refractivity contribution in [2.24, 2.45) is 0 Å². The minimum Gasteiger partial charge on any atom is -0.461 e. The van der Waals surface area contributed by atoms with Crippen LogP contribution in [-0.4, -0.2) is 58.1 Å². The van der Waals surface area contributed by atoms with Gasteiger partial charge < -0.3 is 4.42 Å². The molecule has 2 aromatic heterocycles. The summed E-state index contributed by atoms with van der Waals surface area (Å²) >= 11 is 5.79. The molecule has 176 valence electrons. The van der Waals surface area contributed by atoms with Crippen LogP contribution in [0.1, 0.15) is 5.56 Å². The molecule has 34 heavy (non-hydrogen) atoms. The SMILES string of the molecule is O=S(=O)(c1ccccc1)N1CCN(Cn2nc(-c3ccco3)n(Cc3ccccc3)c2=S)CC1. The molecule has 3 heterocycles. The van der Waals surface area contributed by atoms with Gasteiger partial charge in [-0.15, -0.1) is 5.10 Å². The lowest BCUT2D eigenvalue weighted by Gasteiger charge is -2.33. The predicted octanol–water partition coefficient (Wildman–Crippen LogP) is 3.69. The monoisotopic (exact) mass is 495 g/mol. The first-order chi connectivity index (χ1) is 16.5. The normalized spacial score (nSPS) is 15.5. The highest BCUT2D eigenvalue weighted by Gasteiger charge is 2.29. The molecule has 1 aliphatic heterocycles. The lowest BCUT2D eigenvalue weighted by molar-refractivity contribution is 0.144. The molecular formula is C24H25N5O3S2. The molecule has 0 saturated carbocycles. The van der Waals surface area contributed by atoms with Gasteiger partial charge in [-0.1, -0.05) is 48.5 Å². The summed E-state index contributed by atoms with van der Waals surface area (Å²) in [6, 6.07) is 22.4. The van der Waals surface area contributed by atoms with Crippen LogP contribution in [-0.2, 0) is 23.2 Å². The molecule has 1 saturated heterocycles. The minimum atomic E-state index is -3.49. The summed E-state index contributed by atoms with van der Waals surface area (Å²) in [5, 5.41) is 4.77. The number of hydrogen-bond donors (Lipinski definition) is 0. The number of hydrogen-bond acceptors (Lipinski definition) is 6. The van der Waals surface area contributed by atoms with Crippen LogP contribution in [0.5, 0.6) is 0 Å². The summed E-state index contributed by atoms with van der Waals surface area (Å²) < 4.78 is 37.4. The summed E-state index contributed by atoms with van der Waals surface area (Å²) in [5.41, 5.74) is 1.12. The van der Waals surface area contributed by atoms with Gasteiger partial charge in [-0.3, -0.25) is 9.47 Å². The molecule has 0 bridgehead atoms. The largest absolute Gasteiger partial charge is 0.461 e. The number of sulfonamides is 1. The van der Waals surface area contributed by atoms with Crippen molar-refractivity contribution >= 4 is 22.2 Å². The second kappa shape index (κ2) is 9.67. The molecule has 0 aliphatic carbocycles. The highest BCUT2D eigenvalue weighted by Crippen LogP contribution is 2.22. The van der Waals surface area contributed by atoms with Gasteiger partial charge >= 0.3 is 0 Å². The molecule has 5 rings (SSSR count). The molecule has 4 aromatic rings. The summed E-state index contributed by atoms with van der Waals surface area (Å²) in [6.45, 7) is 3.08. The molecule has 8 nitrogen and oxygen atoms in total. The molecule has 0 N–H and O–H groups in total. The van der Waals surface area contributed by atoms with E-state index in [1.807, 2.05) is 41.0 Å². The van der Waals surface area contributed by atoms with E-state index in [9.17, 15) is 8.42 Å². The number of nitrogens with zero attached hydrogens (tertiary/aromatic N) is 5. The van der Waals surface area contributed by atoms with Crippen molar-refractivity contribution in [1.82, 2.24) is 23.6 Å². The molecule has 2 aromatic carbocycles. The quantitative estimate of drug-likeness (QED) is 0.364. The van der Waals surface area contributed by atoms with E-state index in [2.05, 4.69) is 17.0 Å². The van der Waals surface area contributed by atoms with E-state index in [1.165, 1.54) is 0 Å². The van der Waals surface area contributed by atoms with Crippen LogP contribution < -0.4 is 0 Å². The van der Waals surface area contributed by atoms with Gasteiger partial charge in [0.2, 0.25) is 10.0 Å². The van der Waals surface area contributed by atoms with Gasteiger partial charge in [0, 0.05) is 26.2 Å². The van der Waals surface area contributed by atoms with Crippen LogP contribution in [0, 0.1) is 4.77 Å². The Morgan fingerprint density at radius 2 is 1.56 bits per heavy atom. The first-order valence-electron chi connectivity index (χ1n) is 11.1. The third-order valence-electron chi connectivity index (χ3n) is 5.89. The summed E-state index contributed by atoms with van der Waals surface area (Å²) in [4.78, 5) is 2.49. The van der Waals surface area contributed by atoms with Crippen LogP contribution >= 0.6 is 12.2 Å². The minimum absolute atomic E-state index is 0.327. The Labute approximate surface area is 203 Å². The Bertz CT molecular complexity index is 1390. The highest BCUT2D eigenvalue weighted by atomic mass is 32.2. The van der Waals surface area contributed by atoms with Gasteiger partial charge in [-0.2, -0.15) is 4.31 Å². The van der Waals surface area contributed by atoms with E-state index in [0.717, 1.165) is 5.56 Å². The molecule has 1 aliphatic rings. The Hall–Kier alpha value is -3.05. The lowest BCUT2D eigenvalue weighted by atomic mass is 10.2. The fourth-order valence-corrected chi connectivity index (χ4v) is 5.76. The Balaban J connectivity index is 1.33. The predicted molar refractivity (Wildman–Crippen MR) is 131 cm³/mol. The van der Waals surface area contributed by atoms with Crippen molar-refractivity contribution in [1.29, 1.82) is 0 Å². The van der Waals surface area contributed by atoms with E-state index < -0.39 is 10.0 Å². The van der Waals surface area contributed by atoms with Gasteiger partial charge in [0.05, 0.1) is 24.4 Å². The molecule has 0 atom stereocenters. The molecule has 1 fully saturated rings. The van der Waals surface area contributed by atoms with Crippen molar-refractivity contribution in [3.63, 3.8) is 0 Å². The van der Waals surface area contributed by atoms with Gasteiger partial charge in [0.1, 0.15) is 0 Å². The van der Waals surface area contributed by atoms with E-state index in [1.54, 1.807) is 39.5 Å². The second-order valence-electron chi connectivity index (χ2n) is 8.13. The first kappa shape index (κ1) is 22.7. The Kier molecular flexibility index (Phi) is 6.46. The maximum absolute atomic E-state index is 12.9. The van der Waals surface area contributed by atoms with E-state index in [0.29, 0.717) is 60.6 Å². The van der Waals surface area contributed by atoms with Crippen LogP contribution in [0.3, 0.4) is 0 Å². The fourth-order valence-electron chi connectivity index (χ4n) is 4.07. The summed E-state index contributed by atoms with van der Waals surface area (Å²) in [7, 11) is -3.49. The molecule has 0 radical (unpaired) electrons. The van der Waals surface area contributed by atoms with E-state index in [4.69, 9.17) is 21.7 Å². The van der Waals surface area contributed by atoms with Gasteiger partial charge in [0.25, 0.3) is 0 Å². The van der Waals surface area contributed by atoms with Crippen molar-refractivity contribution in [3.8, 4) is 11.6 Å². The molecular weight excluding hydrogens is 470 g/mol. The smallest absolute Gasteiger partial charge is 0.243 e. The molecule has 0 amide bonds. The maximum atomic E-state index is 12.9. The molecule has 10 heteroatoms. The standard InChI is InChI=1S/C24H25N5O3S2/c30-34(31,21-10-5-2-6-11-21)27-15-13-26(14-16-27)19-29-24(33)28(18-20-8-3-1-4-9-20)23(25-29)22-12-7-17-32-22/h1-12,17H,13-16,18-19H2. The van der Waals surface area contributed by atoms with Crippen molar-refractivity contribution in [3.05, 3.63) is 89.4 Å². The first-order valence-corrected chi connectivity index (χ1v) is 12.9. The van der Waals surface area contributed by atoms with Crippen LogP contribution in [0.4, 0.5) is 0 Å². The maximum Gasteiger partial charge on any atom is 0.243 e.